The largest absolute Gasteiger partial charge is 0.494 e. The molecule has 0 aliphatic carbocycles. The summed E-state index contributed by atoms with van der Waals surface area (Å²) in [6, 6.07) is 17.2. The Morgan fingerprint density at radius 3 is 2.08 bits per heavy atom. The van der Waals surface area contributed by atoms with Gasteiger partial charge in [-0.3, -0.25) is 0 Å². The lowest BCUT2D eigenvalue weighted by Gasteiger charge is -2.11. The van der Waals surface area contributed by atoms with E-state index in [1.165, 1.54) is 25.0 Å². The molecule has 5 N–H and O–H groups in total. The summed E-state index contributed by atoms with van der Waals surface area (Å²) < 4.78 is 16.8. The highest BCUT2D eigenvalue weighted by atomic mass is 16.5. The van der Waals surface area contributed by atoms with Crippen LogP contribution in [-0.4, -0.2) is 30.3 Å². The molecule has 0 fully saturated rings. The molecule has 0 radical (unpaired) electrons. The van der Waals surface area contributed by atoms with E-state index in [0.29, 0.717) is 54.5 Å². The minimum atomic E-state index is -1.06. The van der Waals surface area contributed by atoms with Crippen LogP contribution in [0.5, 0.6) is 17.2 Å². The second-order valence-electron chi connectivity index (χ2n) is 9.10. The molecule has 8 nitrogen and oxygen atoms in total. The molecule has 0 saturated heterocycles. The third-order valence-corrected chi connectivity index (χ3v) is 5.98. The van der Waals surface area contributed by atoms with Crippen molar-refractivity contribution in [3.63, 3.8) is 0 Å². The van der Waals surface area contributed by atoms with Crippen molar-refractivity contribution in [3.8, 4) is 17.2 Å². The molecule has 39 heavy (non-hydrogen) atoms. The lowest BCUT2D eigenvalue weighted by molar-refractivity contribution is -0.128. The quantitative estimate of drug-likeness (QED) is 0.0699. The van der Waals surface area contributed by atoms with Gasteiger partial charge in [-0.15, -0.1) is 0 Å². The van der Waals surface area contributed by atoms with Crippen LogP contribution >= 0.6 is 0 Å². The Morgan fingerprint density at radius 1 is 0.821 bits per heavy atom. The number of nitrogens with two attached hydrogens (primary N) is 2. The van der Waals surface area contributed by atoms with Crippen LogP contribution in [0.4, 0.5) is 11.4 Å². The number of carbonyl (C=O) groups excluding carboxylic acids is 1. The molecule has 3 aromatic carbocycles. The summed E-state index contributed by atoms with van der Waals surface area (Å²) in [5.74, 6) is 0.317. The predicted octanol–water partition coefficient (Wildman–Crippen LogP) is 6.14. The molecule has 0 aliphatic heterocycles. The van der Waals surface area contributed by atoms with Crippen LogP contribution in [0.1, 0.15) is 60.5 Å². The van der Waals surface area contributed by atoms with E-state index in [1.807, 2.05) is 12.1 Å². The van der Waals surface area contributed by atoms with Gasteiger partial charge in [0.05, 0.1) is 18.8 Å². The minimum Gasteiger partial charge on any atom is -0.494 e. The number of carboxylic acid groups (broad SMARTS) is 1. The van der Waals surface area contributed by atoms with Crippen LogP contribution in [0, 0.1) is 0 Å². The number of esters is 1. The fraction of sp³-hybridized carbons (Fsp3) is 0.290. The zero-order valence-electron chi connectivity index (χ0n) is 22.2. The third kappa shape index (κ3) is 9.74. The number of carboxylic acids is 1. The Labute approximate surface area is 229 Å². The van der Waals surface area contributed by atoms with Crippen molar-refractivity contribution in [1.82, 2.24) is 0 Å². The second-order valence-corrected chi connectivity index (χ2v) is 9.10. The molecule has 8 heteroatoms. The maximum absolute atomic E-state index is 12.2. The molecule has 0 atom stereocenters. The zero-order chi connectivity index (χ0) is 28.0. The number of hydrogen-bond donors (Lipinski definition) is 3. The Morgan fingerprint density at radius 2 is 1.44 bits per heavy atom. The van der Waals surface area contributed by atoms with Crippen LogP contribution in [0.15, 0.2) is 66.7 Å². The van der Waals surface area contributed by atoms with Gasteiger partial charge in [0.2, 0.25) is 0 Å². The molecule has 0 aliphatic rings. The Bertz CT molecular complexity index is 1250. The molecule has 0 unspecified atom stereocenters. The van der Waals surface area contributed by atoms with Gasteiger partial charge < -0.3 is 30.8 Å². The maximum Gasteiger partial charge on any atom is 0.336 e. The van der Waals surface area contributed by atoms with Gasteiger partial charge in [0.15, 0.2) is 0 Å². The number of hydrogen-bond acceptors (Lipinski definition) is 7. The van der Waals surface area contributed by atoms with E-state index in [1.54, 1.807) is 48.5 Å². The summed E-state index contributed by atoms with van der Waals surface area (Å²) in [5.41, 5.74) is 13.8. The smallest absolute Gasteiger partial charge is 0.336 e. The van der Waals surface area contributed by atoms with Crippen LogP contribution in [0.2, 0.25) is 0 Å². The van der Waals surface area contributed by atoms with Crippen molar-refractivity contribution < 1.29 is 28.9 Å². The van der Waals surface area contributed by atoms with E-state index < -0.39 is 11.9 Å². The van der Waals surface area contributed by atoms with Crippen molar-refractivity contribution in [2.75, 3.05) is 24.7 Å². The average molecular weight is 533 g/mol. The van der Waals surface area contributed by atoms with Gasteiger partial charge in [-0.1, -0.05) is 38.3 Å². The van der Waals surface area contributed by atoms with E-state index in [4.69, 9.17) is 25.7 Å². The van der Waals surface area contributed by atoms with E-state index in [-0.39, 0.29) is 5.56 Å². The summed E-state index contributed by atoms with van der Waals surface area (Å²) in [5, 5.41) is 9.40. The van der Waals surface area contributed by atoms with Gasteiger partial charge in [0.25, 0.3) is 0 Å². The fourth-order valence-electron chi connectivity index (χ4n) is 3.94. The molecule has 0 spiro atoms. The van der Waals surface area contributed by atoms with Crippen LogP contribution < -0.4 is 25.7 Å². The number of rotatable bonds is 15. The van der Waals surface area contributed by atoms with Crippen molar-refractivity contribution in [3.05, 3.63) is 83.4 Å². The summed E-state index contributed by atoms with van der Waals surface area (Å²) in [4.78, 5) is 23.7. The number of aromatic carboxylic acids is 1. The third-order valence-electron chi connectivity index (χ3n) is 5.98. The van der Waals surface area contributed by atoms with E-state index in [9.17, 15) is 14.7 Å². The molecule has 0 amide bonds. The Hall–Kier alpha value is -4.46. The molecule has 3 aromatic rings. The van der Waals surface area contributed by atoms with E-state index in [2.05, 4.69) is 6.92 Å². The number of anilines is 2. The summed E-state index contributed by atoms with van der Waals surface area (Å²) >= 11 is 0. The SMILES string of the molecule is CCCCCCOc1ccc(OC(=O)/C=C/c2ccc(OCCCc3c(N)cc(N)cc3C(=O)O)cc2)cc1. The Balaban J connectivity index is 1.41. The van der Waals surface area contributed by atoms with Crippen molar-refractivity contribution in [1.29, 1.82) is 0 Å². The number of nitrogen functional groups attached to an aromatic ring is 2. The lowest BCUT2D eigenvalue weighted by Crippen LogP contribution is -2.09. The first-order valence-electron chi connectivity index (χ1n) is 13.1. The number of unbranched alkanes of at least 4 members (excludes halogenated alkanes) is 3. The minimum absolute atomic E-state index is 0.112. The second kappa shape index (κ2) is 15.1. The Kier molecular flexibility index (Phi) is 11.2. The van der Waals surface area contributed by atoms with Crippen molar-refractivity contribution in [2.24, 2.45) is 0 Å². The maximum atomic E-state index is 12.2. The lowest BCUT2D eigenvalue weighted by atomic mass is 10.00. The van der Waals surface area contributed by atoms with E-state index >= 15 is 0 Å². The van der Waals surface area contributed by atoms with Crippen LogP contribution in [0.25, 0.3) is 6.08 Å². The molecular formula is C31H36N2O6. The van der Waals surface area contributed by atoms with Crippen molar-refractivity contribution >= 4 is 29.4 Å². The summed E-state index contributed by atoms with van der Waals surface area (Å²) in [6.45, 7) is 3.24. The van der Waals surface area contributed by atoms with E-state index in [0.717, 1.165) is 24.2 Å². The average Bonchev–Trinajstić information content (AvgIpc) is 2.92. The number of ether oxygens (including phenoxy) is 3. The molecular weight excluding hydrogens is 496 g/mol. The predicted molar refractivity (Wildman–Crippen MR) is 153 cm³/mol. The standard InChI is InChI=1S/C31H36N2O6/c1-2-3-4-5-18-37-25-13-15-26(16-14-25)39-30(34)17-10-22-8-11-24(12-9-22)38-19-6-7-27-28(31(35)36)20-23(32)21-29(27)33/h8-17,20-21H,2-7,18-19,32-33H2,1H3,(H,35,36)/b17-10+. The first-order chi connectivity index (χ1) is 18.9. The van der Waals surface area contributed by atoms with Gasteiger partial charge >= 0.3 is 11.9 Å². The van der Waals surface area contributed by atoms with Gasteiger partial charge in [-0.05, 0) is 85.0 Å². The van der Waals surface area contributed by atoms with Crippen LogP contribution in [-0.2, 0) is 11.2 Å². The monoisotopic (exact) mass is 532 g/mol. The highest BCUT2D eigenvalue weighted by molar-refractivity contribution is 5.92. The van der Waals surface area contributed by atoms with Gasteiger partial charge in [-0.2, -0.15) is 0 Å². The summed E-state index contributed by atoms with van der Waals surface area (Å²) in [6.07, 6.45) is 8.65. The molecule has 0 aromatic heterocycles. The highest BCUT2D eigenvalue weighted by Crippen LogP contribution is 2.24. The molecule has 0 heterocycles. The molecule has 0 bridgehead atoms. The normalized spacial score (nSPS) is 10.9. The first kappa shape index (κ1) is 29.1. The molecule has 206 valence electrons. The highest BCUT2D eigenvalue weighted by Gasteiger charge is 2.14. The summed E-state index contributed by atoms with van der Waals surface area (Å²) in [7, 11) is 0. The van der Waals surface area contributed by atoms with Gasteiger partial charge in [0.1, 0.15) is 17.2 Å². The topological polar surface area (TPSA) is 134 Å². The first-order valence-corrected chi connectivity index (χ1v) is 13.1. The fourth-order valence-corrected chi connectivity index (χ4v) is 3.94. The number of benzene rings is 3. The van der Waals surface area contributed by atoms with Gasteiger partial charge in [0, 0.05) is 17.5 Å². The van der Waals surface area contributed by atoms with Crippen molar-refractivity contribution in [2.45, 2.75) is 45.4 Å². The van der Waals surface area contributed by atoms with Gasteiger partial charge in [-0.25, -0.2) is 9.59 Å². The zero-order valence-corrected chi connectivity index (χ0v) is 22.2. The molecule has 3 rings (SSSR count). The molecule has 0 saturated carbocycles. The number of carbonyl (C=O) groups is 2. The van der Waals surface area contributed by atoms with Crippen LogP contribution in [0.3, 0.4) is 0 Å².